The second kappa shape index (κ2) is 9.99. The molecule has 2 amide bonds. The number of hydrogen-bond donors (Lipinski definition) is 7. The van der Waals surface area contributed by atoms with Gasteiger partial charge in [-0.05, 0) is 38.0 Å². The molecule has 0 aliphatic carbocycles. The molecule has 0 unspecified atom stereocenters. The normalized spacial score (nSPS) is 27.7. The summed E-state index contributed by atoms with van der Waals surface area (Å²) in [6, 6.07) is 6.48. The van der Waals surface area contributed by atoms with Crippen LogP contribution in [0.25, 0.3) is 0 Å². The molecule has 1 aliphatic heterocycles. The fourth-order valence-corrected chi connectivity index (χ4v) is 3.71. The molecule has 0 aromatic heterocycles. The highest BCUT2D eigenvalue weighted by Gasteiger charge is 2.43. The zero-order valence-corrected chi connectivity index (χ0v) is 17.2. The number of carbonyl (C=O) groups is 1. The first kappa shape index (κ1) is 23.8. The Bertz CT molecular complexity index is 723. The van der Waals surface area contributed by atoms with Crippen LogP contribution in [-0.4, -0.2) is 73.9 Å². The second-order valence-corrected chi connectivity index (χ2v) is 9.29. The third kappa shape index (κ3) is 7.35. The molecule has 1 fully saturated rings. The van der Waals surface area contributed by atoms with E-state index in [1.807, 2.05) is 13.8 Å². The number of urea groups is 1. The van der Waals surface area contributed by atoms with Gasteiger partial charge in [0.25, 0.3) is 0 Å². The maximum Gasteiger partial charge on any atom is 0.325 e. The molecule has 7 N–H and O–H groups in total. The van der Waals surface area contributed by atoms with Crippen LogP contribution in [0, 0.1) is 0 Å². The summed E-state index contributed by atoms with van der Waals surface area (Å²) in [4.78, 5) is 29.8. The molecular weight excluding hydrogens is 403 g/mol. The van der Waals surface area contributed by atoms with Crippen molar-refractivity contribution in [3.8, 4) is 0 Å². The molecule has 11 heteroatoms. The summed E-state index contributed by atoms with van der Waals surface area (Å²) in [5.41, 5.74) is 1.33. The number of aliphatic hydroxyl groups is 3. The molecule has 1 aromatic carbocycles. The minimum absolute atomic E-state index is 0.000456. The molecule has 10 nitrogen and oxygen atoms in total. The van der Waals surface area contributed by atoms with Crippen LogP contribution >= 0.6 is 7.60 Å². The Hall–Kier alpha value is -1.52. The van der Waals surface area contributed by atoms with Gasteiger partial charge in [0.05, 0.1) is 18.4 Å². The van der Waals surface area contributed by atoms with Crippen molar-refractivity contribution in [1.82, 2.24) is 5.32 Å². The van der Waals surface area contributed by atoms with Gasteiger partial charge in [0.15, 0.2) is 0 Å². The number of carbonyl (C=O) groups excluding carboxylic acids is 1. The van der Waals surface area contributed by atoms with E-state index in [2.05, 4.69) is 10.6 Å². The van der Waals surface area contributed by atoms with Gasteiger partial charge in [0.1, 0.15) is 18.3 Å². The van der Waals surface area contributed by atoms with Gasteiger partial charge in [-0.1, -0.05) is 12.1 Å². The van der Waals surface area contributed by atoms with Gasteiger partial charge in [-0.2, -0.15) is 0 Å². The molecule has 1 aliphatic rings. The summed E-state index contributed by atoms with van der Waals surface area (Å²) in [5.74, 6) is 0. The number of benzene rings is 1. The van der Waals surface area contributed by atoms with Crippen molar-refractivity contribution in [2.24, 2.45) is 0 Å². The van der Waals surface area contributed by atoms with Crippen molar-refractivity contribution in [2.45, 2.75) is 63.3 Å². The Morgan fingerprint density at radius 1 is 1.07 bits per heavy atom. The molecule has 29 heavy (non-hydrogen) atoms. The Kier molecular flexibility index (Phi) is 8.18. The predicted octanol–water partition coefficient (Wildman–Crippen LogP) is 0.177. The maximum atomic E-state index is 11.7. The van der Waals surface area contributed by atoms with Crippen LogP contribution < -0.4 is 10.6 Å². The summed E-state index contributed by atoms with van der Waals surface area (Å²) in [7, 11) is -4.28. The molecule has 1 heterocycles. The lowest BCUT2D eigenvalue weighted by Crippen LogP contribution is -2.58. The van der Waals surface area contributed by atoms with E-state index in [4.69, 9.17) is 14.5 Å². The van der Waals surface area contributed by atoms with Crippen LogP contribution in [0.4, 0.5) is 10.5 Å². The number of ether oxygens (including phenoxy) is 1. The summed E-state index contributed by atoms with van der Waals surface area (Å²) in [6.07, 6.45) is -6.61. The smallest absolute Gasteiger partial charge is 0.325 e. The van der Waals surface area contributed by atoms with E-state index in [1.165, 1.54) is 0 Å². The van der Waals surface area contributed by atoms with E-state index >= 15 is 0 Å². The second-order valence-electron chi connectivity index (χ2n) is 7.52. The van der Waals surface area contributed by atoms with E-state index < -0.39 is 44.3 Å². The molecule has 0 saturated carbocycles. The lowest BCUT2D eigenvalue weighted by atomic mass is 9.90. The zero-order chi connectivity index (χ0) is 21.8. The van der Waals surface area contributed by atoms with Gasteiger partial charge in [-0.15, -0.1) is 0 Å². The fourth-order valence-electron chi connectivity index (χ4n) is 3.12. The number of hydrogen-bond acceptors (Lipinski definition) is 6. The van der Waals surface area contributed by atoms with Crippen molar-refractivity contribution in [3.63, 3.8) is 0 Å². The zero-order valence-electron chi connectivity index (χ0n) is 16.3. The third-order valence-electron chi connectivity index (χ3n) is 4.58. The monoisotopic (exact) mass is 432 g/mol. The van der Waals surface area contributed by atoms with Gasteiger partial charge in [-0.3, -0.25) is 4.57 Å². The minimum Gasteiger partial charge on any atom is -0.388 e. The summed E-state index contributed by atoms with van der Waals surface area (Å²) >= 11 is 0. The van der Waals surface area contributed by atoms with Crippen molar-refractivity contribution >= 4 is 19.3 Å². The van der Waals surface area contributed by atoms with Gasteiger partial charge in [0, 0.05) is 18.2 Å². The first-order valence-corrected chi connectivity index (χ1v) is 11.2. The standard InChI is InChI=1S/C18H29N2O8P/c1-10(2)19-18(24)20-12-5-3-11(4-6-12)9-14-16(22)17(23)15(21)13(28-14)7-8-29(25,26)27/h3-6,10,13-17,21-23H,7-9H2,1-2H3,(H2,19,20,24)(H2,25,26,27)/t13-,14+,15-,16-,17+/m1/s1. The van der Waals surface area contributed by atoms with E-state index in [1.54, 1.807) is 24.3 Å². The van der Waals surface area contributed by atoms with E-state index in [0.29, 0.717) is 5.69 Å². The predicted molar refractivity (Wildman–Crippen MR) is 106 cm³/mol. The van der Waals surface area contributed by atoms with E-state index in [9.17, 15) is 24.7 Å². The van der Waals surface area contributed by atoms with Crippen LogP contribution in [0.3, 0.4) is 0 Å². The molecule has 0 radical (unpaired) electrons. The molecular formula is C18H29N2O8P. The maximum absolute atomic E-state index is 11.7. The van der Waals surface area contributed by atoms with Crippen molar-refractivity contribution in [1.29, 1.82) is 0 Å². The van der Waals surface area contributed by atoms with E-state index in [0.717, 1.165) is 5.56 Å². The lowest BCUT2D eigenvalue weighted by Gasteiger charge is -2.41. The summed E-state index contributed by atoms with van der Waals surface area (Å²) < 4.78 is 16.7. The molecule has 0 spiro atoms. The fraction of sp³-hybridized carbons (Fsp3) is 0.611. The topological polar surface area (TPSA) is 169 Å². The third-order valence-corrected chi connectivity index (χ3v) is 5.43. The first-order valence-electron chi connectivity index (χ1n) is 9.37. The van der Waals surface area contributed by atoms with Gasteiger partial charge < -0.3 is 40.5 Å². The number of nitrogens with one attached hydrogen (secondary N) is 2. The largest absolute Gasteiger partial charge is 0.388 e. The van der Waals surface area contributed by atoms with Crippen LogP contribution in [-0.2, 0) is 15.7 Å². The Labute approximate surface area is 169 Å². The Balaban J connectivity index is 1.99. The van der Waals surface area contributed by atoms with Crippen LogP contribution in [0.15, 0.2) is 24.3 Å². The average molecular weight is 432 g/mol. The van der Waals surface area contributed by atoms with Crippen LogP contribution in [0.1, 0.15) is 25.8 Å². The number of aliphatic hydroxyl groups excluding tert-OH is 3. The van der Waals surface area contributed by atoms with Crippen molar-refractivity contribution in [2.75, 3.05) is 11.5 Å². The SMILES string of the molecule is CC(C)NC(=O)Nc1ccc(C[C@@H]2O[C@H](CCP(=O)(O)O)[C@@H](O)[C@H](O)[C@@H]2O)cc1. The van der Waals surface area contributed by atoms with Gasteiger partial charge in [0.2, 0.25) is 0 Å². The summed E-state index contributed by atoms with van der Waals surface area (Å²) in [6.45, 7) is 3.69. The number of amides is 2. The Morgan fingerprint density at radius 3 is 2.21 bits per heavy atom. The Morgan fingerprint density at radius 2 is 1.66 bits per heavy atom. The van der Waals surface area contributed by atoms with Gasteiger partial charge in [-0.25, -0.2) is 4.79 Å². The molecule has 0 bridgehead atoms. The summed E-state index contributed by atoms with van der Waals surface area (Å²) in [5, 5.41) is 35.7. The molecule has 2 rings (SSSR count). The molecule has 1 aromatic rings. The van der Waals surface area contributed by atoms with Crippen LogP contribution in [0.2, 0.25) is 0 Å². The van der Waals surface area contributed by atoms with Crippen LogP contribution in [0.5, 0.6) is 0 Å². The van der Waals surface area contributed by atoms with Gasteiger partial charge >= 0.3 is 13.6 Å². The van der Waals surface area contributed by atoms with Crippen molar-refractivity contribution < 1.29 is 39.2 Å². The quantitative estimate of drug-likeness (QED) is 0.299. The number of rotatable bonds is 7. The highest BCUT2D eigenvalue weighted by molar-refractivity contribution is 7.51. The highest BCUT2D eigenvalue weighted by atomic mass is 31.2. The highest BCUT2D eigenvalue weighted by Crippen LogP contribution is 2.37. The lowest BCUT2D eigenvalue weighted by molar-refractivity contribution is -0.221. The number of anilines is 1. The van der Waals surface area contributed by atoms with E-state index in [-0.39, 0.29) is 24.9 Å². The van der Waals surface area contributed by atoms with Crippen molar-refractivity contribution in [3.05, 3.63) is 29.8 Å². The minimum atomic E-state index is -4.28. The molecule has 1 saturated heterocycles. The molecule has 164 valence electrons. The first-order chi connectivity index (χ1) is 13.5. The molecule has 5 atom stereocenters. The average Bonchev–Trinajstić information content (AvgIpc) is 2.61.